The molecule has 108 valence electrons. The van der Waals surface area contributed by atoms with E-state index in [1.807, 2.05) is 0 Å². The van der Waals surface area contributed by atoms with Gasteiger partial charge in [-0.25, -0.2) is 0 Å². The van der Waals surface area contributed by atoms with E-state index in [9.17, 15) is 4.79 Å². The zero-order chi connectivity index (χ0) is 14.1. The molecule has 2 aliphatic rings. The molecule has 0 radical (unpaired) electrons. The van der Waals surface area contributed by atoms with E-state index < -0.39 is 0 Å². The first-order chi connectivity index (χ1) is 9.70. The van der Waals surface area contributed by atoms with Crippen molar-refractivity contribution in [1.82, 2.24) is 4.90 Å². The molecule has 1 heterocycles. The number of carbonyl (C=O) groups is 1. The normalized spacial score (nSPS) is 26.6. The fraction of sp³-hybridized carbons (Fsp3) is 0.588. The van der Waals surface area contributed by atoms with Crippen LogP contribution in [0.5, 0.6) is 0 Å². The van der Waals surface area contributed by atoms with E-state index >= 15 is 0 Å². The third kappa shape index (κ3) is 2.59. The lowest BCUT2D eigenvalue weighted by molar-refractivity contribution is -0.134. The van der Waals surface area contributed by atoms with Crippen molar-refractivity contribution in [1.29, 1.82) is 0 Å². The van der Waals surface area contributed by atoms with Crippen LogP contribution in [0.2, 0.25) is 0 Å². The van der Waals surface area contributed by atoms with Crippen LogP contribution in [0.15, 0.2) is 24.3 Å². The van der Waals surface area contributed by atoms with E-state index in [1.54, 1.807) is 0 Å². The second-order valence-electron chi connectivity index (χ2n) is 6.31. The summed E-state index contributed by atoms with van der Waals surface area (Å²) in [6.45, 7) is 4.70. The van der Waals surface area contributed by atoms with Gasteiger partial charge >= 0.3 is 0 Å². The van der Waals surface area contributed by atoms with Crippen LogP contribution >= 0.6 is 0 Å². The van der Waals surface area contributed by atoms with Crippen molar-refractivity contribution < 1.29 is 4.79 Å². The van der Waals surface area contributed by atoms with E-state index in [0.717, 1.165) is 38.9 Å². The smallest absolute Gasteiger partial charge is 0.226 e. The number of nitrogens with zero attached hydrogens (tertiary/aromatic N) is 1. The second kappa shape index (κ2) is 5.57. The molecule has 0 aromatic heterocycles. The zero-order valence-corrected chi connectivity index (χ0v) is 12.2. The van der Waals surface area contributed by atoms with Gasteiger partial charge in [0, 0.05) is 19.0 Å². The number of likely N-dealkylation sites (tertiary alicyclic amines) is 1. The Morgan fingerprint density at radius 3 is 2.65 bits per heavy atom. The number of nitrogens with two attached hydrogens (primary N) is 1. The molecule has 1 aromatic rings. The molecule has 20 heavy (non-hydrogen) atoms. The number of amides is 1. The lowest BCUT2D eigenvalue weighted by atomic mass is 9.96. The highest BCUT2D eigenvalue weighted by molar-refractivity contribution is 5.83. The van der Waals surface area contributed by atoms with Gasteiger partial charge in [0.25, 0.3) is 0 Å². The monoisotopic (exact) mass is 272 g/mol. The minimum atomic E-state index is 0.227. The summed E-state index contributed by atoms with van der Waals surface area (Å²) in [4.78, 5) is 14.6. The predicted molar refractivity (Wildman–Crippen MR) is 80.4 cm³/mol. The van der Waals surface area contributed by atoms with Gasteiger partial charge in [-0.15, -0.1) is 0 Å². The van der Waals surface area contributed by atoms with Crippen molar-refractivity contribution >= 4 is 5.91 Å². The Bertz CT molecular complexity index is 492. The van der Waals surface area contributed by atoms with Crippen molar-refractivity contribution in [3.05, 3.63) is 35.4 Å². The minimum absolute atomic E-state index is 0.227. The van der Waals surface area contributed by atoms with Gasteiger partial charge in [-0.05, 0) is 55.7 Å². The molecule has 3 rings (SSSR count). The first-order valence-corrected chi connectivity index (χ1v) is 7.75. The zero-order valence-electron chi connectivity index (χ0n) is 12.2. The Kier molecular flexibility index (Phi) is 3.79. The topological polar surface area (TPSA) is 46.3 Å². The van der Waals surface area contributed by atoms with Gasteiger partial charge < -0.3 is 10.6 Å². The van der Waals surface area contributed by atoms with Gasteiger partial charge in [0.2, 0.25) is 5.91 Å². The molecule has 2 unspecified atom stereocenters. The summed E-state index contributed by atoms with van der Waals surface area (Å²) >= 11 is 0. The van der Waals surface area contributed by atoms with Crippen molar-refractivity contribution in [3.8, 4) is 0 Å². The van der Waals surface area contributed by atoms with Crippen molar-refractivity contribution in [2.24, 2.45) is 17.6 Å². The first-order valence-electron chi connectivity index (χ1n) is 7.75. The lowest BCUT2D eigenvalue weighted by Gasteiger charge is -2.31. The number of hydrogen-bond acceptors (Lipinski definition) is 2. The molecule has 2 fully saturated rings. The molecule has 1 aliphatic heterocycles. The number of piperidine rings is 1. The third-order valence-electron chi connectivity index (χ3n) is 4.96. The first kappa shape index (κ1) is 13.6. The minimum Gasteiger partial charge on any atom is -0.342 e. The number of hydrogen-bond donors (Lipinski definition) is 1. The standard InChI is InChI=1S/C17H24N2O/c1-12-4-2-3-5-14(12)15-10-16(15)17(20)19-8-6-13(11-18)7-9-19/h2-5,13,15-16H,6-11,18H2,1H3. The average Bonchev–Trinajstić information content (AvgIpc) is 3.27. The summed E-state index contributed by atoms with van der Waals surface area (Å²) < 4.78 is 0. The summed E-state index contributed by atoms with van der Waals surface area (Å²) in [5.74, 6) is 1.67. The van der Waals surface area contributed by atoms with Gasteiger partial charge in [-0.1, -0.05) is 24.3 Å². The molecule has 1 aromatic carbocycles. The predicted octanol–water partition coefficient (Wildman–Crippen LogP) is 2.30. The molecule has 3 nitrogen and oxygen atoms in total. The summed E-state index contributed by atoms with van der Waals surface area (Å²) in [7, 11) is 0. The highest BCUT2D eigenvalue weighted by atomic mass is 16.2. The van der Waals surface area contributed by atoms with Crippen molar-refractivity contribution in [2.45, 2.75) is 32.1 Å². The van der Waals surface area contributed by atoms with Crippen LogP contribution in [0.3, 0.4) is 0 Å². The number of benzene rings is 1. The van der Waals surface area contributed by atoms with Gasteiger partial charge in [-0.2, -0.15) is 0 Å². The Hall–Kier alpha value is -1.35. The van der Waals surface area contributed by atoms with Crippen LogP contribution in [0.25, 0.3) is 0 Å². The van der Waals surface area contributed by atoms with Crippen LogP contribution in [0.4, 0.5) is 0 Å². The largest absolute Gasteiger partial charge is 0.342 e. The van der Waals surface area contributed by atoms with E-state index in [0.29, 0.717) is 17.7 Å². The molecule has 0 bridgehead atoms. The Morgan fingerprint density at radius 1 is 1.30 bits per heavy atom. The molecular formula is C17H24N2O. The van der Waals surface area contributed by atoms with E-state index in [1.165, 1.54) is 11.1 Å². The van der Waals surface area contributed by atoms with Crippen molar-refractivity contribution in [3.63, 3.8) is 0 Å². The van der Waals surface area contributed by atoms with Crippen LogP contribution < -0.4 is 5.73 Å². The van der Waals surface area contributed by atoms with Gasteiger partial charge in [-0.3, -0.25) is 4.79 Å². The molecule has 1 saturated heterocycles. The molecule has 0 spiro atoms. The third-order valence-corrected chi connectivity index (χ3v) is 4.96. The highest BCUT2D eigenvalue weighted by Crippen LogP contribution is 2.49. The SMILES string of the molecule is Cc1ccccc1C1CC1C(=O)N1CCC(CN)CC1. The molecular weight excluding hydrogens is 248 g/mol. The number of carbonyl (C=O) groups excluding carboxylic acids is 1. The fourth-order valence-corrected chi connectivity index (χ4v) is 3.44. The Labute approximate surface area is 121 Å². The van der Waals surface area contributed by atoms with Crippen LogP contribution in [-0.2, 0) is 4.79 Å². The average molecular weight is 272 g/mol. The van der Waals surface area contributed by atoms with E-state index in [-0.39, 0.29) is 5.92 Å². The number of rotatable bonds is 3. The van der Waals surface area contributed by atoms with Crippen LogP contribution in [0, 0.1) is 18.8 Å². The maximum Gasteiger partial charge on any atom is 0.226 e. The van der Waals surface area contributed by atoms with E-state index in [2.05, 4.69) is 36.1 Å². The summed E-state index contributed by atoms with van der Waals surface area (Å²) in [5, 5.41) is 0. The van der Waals surface area contributed by atoms with Gasteiger partial charge in [0.15, 0.2) is 0 Å². The summed E-state index contributed by atoms with van der Waals surface area (Å²) in [5.41, 5.74) is 8.39. The molecule has 2 N–H and O–H groups in total. The lowest BCUT2D eigenvalue weighted by Crippen LogP contribution is -2.41. The van der Waals surface area contributed by atoms with Gasteiger partial charge in [0.1, 0.15) is 0 Å². The fourth-order valence-electron chi connectivity index (χ4n) is 3.44. The maximum atomic E-state index is 12.5. The number of aryl methyl sites for hydroxylation is 1. The second-order valence-corrected chi connectivity index (χ2v) is 6.31. The maximum absolute atomic E-state index is 12.5. The molecule has 1 amide bonds. The highest BCUT2D eigenvalue weighted by Gasteiger charge is 2.46. The summed E-state index contributed by atoms with van der Waals surface area (Å²) in [6, 6.07) is 8.46. The summed E-state index contributed by atoms with van der Waals surface area (Å²) in [6.07, 6.45) is 3.18. The van der Waals surface area contributed by atoms with Crippen molar-refractivity contribution in [2.75, 3.05) is 19.6 Å². The molecule has 2 atom stereocenters. The molecule has 1 saturated carbocycles. The Morgan fingerprint density at radius 2 is 2.00 bits per heavy atom. The van der Waals surface area contributed by atoms with Crippen LogP contribution in [-0.4, -0.2) is 30.4 Å². The van der Waals surface area contributed by atoms with Crippen LogP contribution in [0.1, 0.15) is 36.3 Å². The quantitative estimate of drug-likeness (QED) is 0.917. The van der Waals surface area contributed by atoms with E-state index in [4.69, 9.17) is 5.73 Å². The molecule has 1 aliphatic carbocycles. The van der Waals surface area contributed by atoms with Gasteiger partial charge in [0.05, 0.1) is 0 Å². The molecule has 3 heteroatoms. The Balaban J connectivity index is 1.60.